The van der Waals surface area contributed by atoms with E-state index in [1.54, 1.807) is 0 Å². The summed E-state index contributed by atoms with van der Waals surface area (Å²) in [5, 5.41) is 0. The van der Waals surface area contributed by atoms with Gasteiger partial charge in [-0.05, 0) is 30.9 Å². The van der Waals surface area contributed by atoms with Crippen LogP contribution in [0.25, 0.3) is 0 Å². The molecule has 0 aliphatic heterocycles. The first-order valence-corrected chi connectivity index (χ1v) is 7.35. The van der Waals surface area contributed by atoms with Crippen LogP contribution in [0.5, 0.6) is 0 Å². The predicted molar refractivity (Wildman–Crippen MR) is 81.9 cm³/mol. The Morgan fingerprint density at radius 2 is 1.80 bits per heavy atom. The summed E-state index contributed by atoms with van der Waals surface area (Å²) >= 11 is 0. The fourth-order valence-electron chi connectivity index (χ4n) is 3.19. The standard InChI is InChI=1S/C19H20O/c1-15-7-5-8-16(13-15)14-18(20)19(11-6-12-19)17-9-3-2-4-10-17/h2-5,7-10,13H,6,11-12,14H2,1H3. The first-order valence-electron chi connectivity index (χ1n) is 7.35. The van der Waals surface area contributed by atoms with E-state index in [0.29, 0.717) is 12.2 Å². The Hall–Kier alpha value is -1.89. The summed E-state index contributed by atoms with van der Waals surface area (Å²) in [6.07, 6.45) is 3.72. The third-order valence-corrected chi connectivity index (χ3v) is 4.51. The van der Waals surface area contributed by atoms with Gasteiger partial charge in [0.1, 0.15) is 5.78 Å². The number of carbonyl (C=O) groups is 1. The molecular formula is C19H20O. The minimum Gasteiger partial charge on any atom is -0.298 e. The zero-order chi connectivity index (χ0) is 14.0. The highest BCUT2D eigenvalue weighted by Gasteiger charge is 2.44. The molecule has 1 fully saturated rings. The maximum atomic E-state index is 12.8. The van der Waals surface area contributed by atoms with Crippen LogP contribution in [0.4, 0.5) is 0 Å². The molecule has 0 radical (unpaired) electrons. The van der Waals surface area contributed by atoms with Crippen LogP contribution in [0.15, 0.2) is 54.6 Å². The topological polar surface area (TPSA) is 17.1 Å². The Kier molecular flexibility index (Phi) is 3.43. The molecule has 1 aliphatic carbocycles. The summed E-state index contributed by atoms with van der Waals surface area (Å²) in [4.78, 5) is 12.8. The molecule has 0 spiro atoms. The molecule has 0 amide bonds. The summed E-state index contributed by atoms with van der Waals surface area (Å²) in [5.41, 5.74) is 3.34. The average Bonchev–Trinajstić information content (AvgIpc) is 2.38. The molecular weight excluding hydrogens is 244 g/mol. The van der Waals surface area contributed by atoms with Crippen molar-refractivity contribution in [2.45, 2.75) is 38.0 Å². The van der Waals surface area contributed by atoms with Gasteiger partial charge >= 0.3 is 0 Å². The minimum absolute atomic E-state index is 0.217. The van der Waals surface area contributed by atoms with Crippen molar-refractivity contribution in [2.75, 3.05) is 0 Å². The molecule has 1 heteroatoms. The maximum Gasteiger partial charge on any atom is 0.147 e. The van der Waals surface area contributed by atoms with Crippen molar-refractivity contribution in [1.82, 2.24) is 0 Å². The number of ketones is 1. The van der Waals surface area contributed by atoms with Crippen molar-refractivity contribution < 1.29 is 4.79 Å². The molecule has 0 heterocycles. The van der Waals surface area contributed by atoms with Gasteiger partial charge in [-0.1, -0.05) is 66.6 Å². The first-order chi connectivity index (χ1) is 9.71. The molecule has 1 aliphatic rings. The fraction of sp³-hybridized carbons (Fsp3) is 0.316. The second kappa shape index (κ2) is 5.24. The number of hydrogen-bond acceptors (Lipinski definition) is 1. The minimum atomic E-state index is -0.217. The van der Waals surface area contributed by atoms with Crippen LogP contribution in [0.1, 0.15) is 36.0 Å². The summed E-state index contributed by atoms with van der Waals surface area (Å²) < 4.78 is 0. The van der Waals surface area contributed by atoms with E-state index in [4.69, 9.17) is 0 Å². The van der Waals surface area contributed by atoms with Crippen LogP contribution in [-0.4, -0.2) is 5.78 Å². The van der Waals surface area contributed by atoms with Gasteiger partial charge in [0.25, 0.3) is 0 Å². The summed E-state index contributed by atoms with van der Waals surface area (Å²) in [5.74, 6) is 0.376. The van der Waals surface area contributed by atoms with Gasteiger partial charge in [-0.15, -0.1) is 0 Å². The molecule has 3 rings (SSSR count). The summed E-state index contributed by atoms with van der Waals surface area (Å²) in [7, 11) is 0. The number of carbonyl (C=O) groups excluding carboxylic acids is 1. The largest absolute Gasteiger partial charge is 0.298 e. The smallest absolute Gasteiger partial charge is 0.147 e. The monoisotopic (exact) mass is 264 g/mol. The number of rotatable bonds is 4. The molecule has 2 aromatic carbocycles. The van der Waals surface area contributed by atoms with Gasteiger partial charge in [-0.2, -0.15) is 0 Å². The van der Waals surface area contributed by atoms with Crippen LogP contribution >= 0.6 is 0 Å². The lowest BCUT2D eigenvalue weighted by atomic mass is 9.61. The predicted octanol–water partition coefficient (Wildman–Crippen LogP) is 4.23. The molecule has 1 nitrogen and oxygen atoms in total. The van der Waals surface area contributed by atoms with Crippen molar-refractivity contribution in [1.29, 1.82) is 0 Å². The van der Waals surface area contributed by atoms with E-state index in [9.17, 15) is 4.79 Å². The fourth-order valence-corrected chi connectivity index (χ4v) is 3.19. The van der Waals surface area contributed by atoms with Crippen LogP contribution in [0.2, 0.25) is 0 Å². The Balaban J connectivity index is 1.85. The lowest BCUT2D eigenvalue weighted by Gasteiger charge is -2.41. The number of benzene rings is 2. The second-order valence-electron chi connectivity index (χ2n) is 5.89. The maximum absolute atomic E-state index is 12.8. The Morgan fingerprint density at radius 3 is 2.40 bits per heavy atom. The van der Waals surface area contributed by atoms with Gasteiger partial charge in [0.2, 0.25) is 0 Å². The molecule has 0 aromatic heterocycles. The quantitative estimate of drug-likeness (QED) is 0.807. The van der Waals surface area contributed by atoms with Crippen LogP contribution < -0.4 is 0 Å². The van der Waals surface area contributed by atoms with E-state index in [2.05, 4.69) is 37.3 Å². The van der Waals surface area contributed by atoms with E-state index in [1.165, 1.54) is 11.1 Å². The Morgan fingerprint density at radius 1 is 1.05 bits per heavy atom. The van der Waals surface area contributed by atoms with Gasteiger partial charge in [0.05, 0.1) is 5.41 Å². The van der Waals surface area contributed by atoms with E-state index in [-0.39, 0.29) is 5.41 Å². The van der Waals surface area contributed by atoms with Gasteiger partial charge in [0, 0.05) is 6.42 Å². The molecule has 20 heavy (non-hydrogen) atoms. The highest BCUT2D eigenvalue weighted by Crippen LogP contribution is 2.45. The van der Waals surface area contributed by atoms with E-state index >= 15 is 0 Å². The third kappa shape index (κ3) is 2.29. The van der Waals surface area contributed by atoms with Crippen molar-refractivity contribution >= 4 is 5.78 Å². The van der Waals surface area contributed by atoms with Gasteiger partial charge < -0.3 is 0 Å². The normalized spacial score (nSPS) is 16.4. The first kappa shape index (κ1) is 13.1. The lowest BCUT2D eigenvalue weighted by molar-refractivity contribution is -0.127. The van der Waals surface area contributed by atoms with E-state index in [1.807, 2.05) is 24.3 Å². The number of Topliss-reactive ketones (excluding diaryl/α,β-unsaturated/α-hetero) is 1. The highest BCUT2D eigenvalue weighted by molar-refractivity contribution is 5.92. The zero-order valence-corrected chi connectivity index (χ0v) is 11.9. The third-order valence-electron chi connectivity index (χ3n) is 4.51. The molecule has 102 valence electrons. The molecule has 0 unspecified atom stereocenters. The average molecular weight is 264 g/mol. The molecule has 2 aromatic rings. The Bertz CT molecular complexity index is 609. The van der Waals surface area contributed by atoms with Gasteiger partial charge in [0.15, 0.2) is 0 Å². The highest BCUT2D eigenvalue weighted by atomic mass is 16.1. The molecule has 0 N–H and O–H groups in total. The van der Waals surface area contributed by atoms with E-state index in [0.717, 1.165) is 24.8 Å². The summed E-state index contributed by atoms with van der Waals surface area (Å²) in [6.45, 7) is 2.07. The number of hydrogen-bond donors (Lipinski definition) is 0. The summed E-state index contributed by atoms with van der Waals surface area (Å²) in [6, 6.07) is 18.6. The molecule has 0 saturated heterocycles. The second-order valence-corrected chi connectivity index (χ2v) is 5.89. The van der Waals surface area contributed by atoms with Crippen LogP contribution in [0, 0.1) is 6.92 Å². The zero-order valence-electron chi connectivity index (χ0n) is 11.9. The lowest BCUT2D eigenvalue weighted by Crippen LogP contribution is -2.43. The molecule has 1 saturated carbocycles. The van der Waals surface area contributed by atoms with Gasteiger partial charge in [-0.3, -0.25) is 4.79 Å². The molecule has 0 bridgehead atoms. The van der Waals surface area contributed by atoms with E-state index < -0.39 is 0 Å². The van der Waals surface area contributed by atoms with Crippen LogP contribution in [-0.2, 0) is 16.6 Å². The van der Waals surface area contributed by atoms with Crippen LogP contribution in [0.3, 0.4) is 0 Å². The van der Waals surface area contributed by atoms with Crippen molar-refractivity contribution in [2.24, 2.45) is 0 Å². The number of aryl methyl sites for hydroxylation is 1. The Labute approximate surface area is 120 Å². The van der Waals surface area contributed by atoms with Crippen molar-refractivity contribution in [3.8, 4) is 0 Å². The SMILES string of the molecule is Cc1cccc(CC(=O)C2(c3ccccc3)CCC2)c1. The van der Waals surface area contributed by atoms with Crippen molar-refractivity contribution in [3.05, 3.63) is 71.3 Å². The van der Waals surface area contributed by atoms with Crippen molar-refractivity contribution in [3.63, 3.8) is 0 Å². The molecule has 0 atom stereocenters. The van der Waals surface area contributed by atoms with Gasteiger partial charge in [-0.25, -0.2) is 0 Å².